The Morgan fingerprint density at radius 2 is 1.96 bits per heavy atom. The van der Waals surface area contributed by atoms with Crippen LogP contribution in [0, 0.1) is 5.92 Å². The number of carbonyl (C=O) groups excluding carboxylic acids is 1. The molecular weight excluding hydrogens is 388 g/mol. The van der Waals surface area contributed by atoms with Crippen LogP contribution < -0.4 is 10.1 Å². The van der Waals surface area contributed by atoms with Gasteiger partial charge in [0.1, 0.15) is 5.75 Å². The number of ether oxygens (including phenoxy) is 1. The Morgan fingerprint density at radius 1 is 1.21 bits per heavy atom. The monoisotopic (exact) mass is 410 g/mol. The molecule has 0 spiro atoms. The number of amides is 1. The Balaban J connectivity index is 1.35. The summed E-state index contributed by atoms with van der Waals surface area (Å²) in [5.74, 6) is 1.79. The average Bonchev–Trinajstić information content (AvgIpc) is 3.48. The number of nitrogens with one attached hydrogen (secondary N) is 1. The van der Waals surface area contributed by atoms with Gasteiger partial charge in [-0.1, -0.05) is 54.2 Å². The predicted octanol–water partition coefficient (Wildman–Crippen LogP) is 5.18. The smallest absolute Gasteiger partial charge is 0.230 e. The fraction of sp³-hybridized carbons (Fsp3) is 0.273. The van der Waals surface area contributed by atoms with Crippen molar-refractivity contribution in [2.75, 3.05) is 12.9 Å². The molecule has 0 aliphatic heterocycles. The van der Waals surface area contributed by atoms with Gasteiger partial charge in [-0.3, -0.25) is 4.79 Å². The third-order valence-corrected chi connectivity index (χ3v) is 6.79. The summed E-state index contributed by atoms with van der Waals surface area (Å²) in [5.41, 5.74) is 3.20. The van der Waals surface area contributed by atoms with Crippen LogP contribution in [0.3, 0.4) is 0 Å². The lowest BCUT2D eigenvalue weighted by Gasteiger charge is -2.19. The summed E-state index contributed by atoms with van der Waals surface area (Å²) >= 11 is 3.08. The van der Waals surface area contributed by atoms with Crippen molar-refractivity contribution in [3.05, 3.63) is 65.5 Å². The van der Waals surface area contributed by atoms with Crippen molar-refractivity contribution in [3.63, 3.8) is 0 Å². The lowest BCUT2D eigenvalue weighted by atomic mass is 10.0. The number of methoxy groups -OCH3 is 1. The second kappa shape index (κ2) is 8.80. The van der Waals surface area contributed by atoms with E-state index >= 15 is 0 Å². The highest BCUT2D eigenvalue weighted by atomic mass is 32.2. The number of benzene rings is 2. The van der Waals surface area contributed by atoms with Crippen LogP contribution in [-0.4, -0.2) is 23.8 Å². The highest BCUT2D eigenvalue weighted by Crippen LogP contribution is 2.41. The van der Waals surface area contributed by atoms with Crippen molar-refractivity contribution < 1.29 is 9.53 Å². The van der Waals surface area contributed by atoms with E-state index in [-0.39, 0.29) is 11.9 Å². The lowest BCUT2D eigenvalue weighted by Crippen LogP contribution is -2.31. The predicted molar refractivity (Wildman–Crippen MR) is 115 cm³/mol. The van der Waals surface area contributed by atoms with Gasteiger partial charge in [0.15, 0.2) is 4.34 Å². The minimum atomic E-state index is 0.0502. The quantitative estimate of drug-likeness (QED) is 0.520. The summed E-state index contributed by atoms with van der Waals surface area (Å²) in [5, 5.41) is 5.26. The summed E-state index contributed by atoms with van der Waals surface area (Å²) in [6.45, 7) is 0. The third kappa shape index (κ3) is 4.75. The zero-order valence-electron chi connectivity index (χ0n) is 15.6. The minimum Gasteiger partial charge on any atom is -0.497 e. The van der Waals surface area contributed by atoms with Crippen LogP contribution in [0.15, 0.2) is 64.3 Å². The summed E-state index contributed by atoms with van der Waals surface area (Å²) in [7, 11) is 1.66. The van der Waals surface area contributed by atoms with Crippen molar-refractivity contribution >= 4 is 29.0 Å². The van der Waals surface area contributed by atoms with E-state index in [0.29, 0.717) is 11.7 Å². The first-order valence-corrected chi connectivity index (χ1v) is 11.2. The first kappa shape index (κ1) is 19.0. The van der Waals surface area contributed by atoms with Crippen molar-refractivity contribution in [2.24, 2.45) is 5.92 Å². The largest absolute Gasteiger partial charge is 0.497 e. The number of carbonyl (C=O) groups is 1. The van der Waals surface area contributed by atoms with E-state index in [1.807, 2.05) is 60.0 Å². The highest BCUT2D eigenvalue weighted by Gasteiger charge is 2.33. The summed E-state index contributed by atoms with van der Waals surface area (Å²) < 4.78 is 6.15. The summed E-state index contributed by atoms with van der Waals surface area (Å²) in [4.78, 5) is 17.2. The standard InChI is InChI=1S/C22H22N2O2S2/c1-26-18-11-9-17(10-12-18)21(16-7-8-16)24-20(25)14-28-22-23-19(13-27-22)15-5-3-2-4-6-15/h2-6,9-13,16,21H,7-8,14H2,1H3,(H,24,25). The molecule has 1 saturated carbocycles. The Bertz CT molecular complexity index is 921. The van der Waals surface area contributed by atoms with E-state index in [1.54, 1.807) is 18.4 Å². The highest BCUT2D eigenvalue weighted by molar-refractivity contribution is 8.01. The molecule has 1 heterocycles. The first-order valence-electron chi connectivity index (χ1n) is 9.30. The molecule has 4 nitrogen and oxygen atoms in total. The molecular formula is C22H22N2O2S2. The van der Waals surface area contributed by atoms with E-state index in [4.69, 9.17) is 4.74 Å². The second-order valence-corrected chi connectivity index (χ2v) is 8.89. The van der Waals surface area contributed by atoms with Gasteiger partial charge in [0.2, 0.25) is 5.91 Å². The Kier molecular flexibility index (Phi) is 5.98. The SMILES string of the molecule is COc1ccc(C(NC(=O)CSc2nc(-c3ccccc3)cs2)C2CC2)cc1. The van der Waals surface area contributed by atoms with Gasteiger partial charge in [0.25, 0.3) is 0 Å². The zero-order valence-corrected chi connectivity index (χ0v) is 17.3. The second-order valence-electron chi connectivity index (χ2n) is 6.81. The summed E-state index contributed by atoms with van der Waals surface area (Å²) in [6, 6.07) is 18.2. The van der Waals surface area contributed by atoms with Crippen LogP contribution in [0.5, 0.6) is 5.75 Å². The van der Waals surface area contributed by atoms with E-state index in [0.717, 1.165) is 39.8 Å². The molecule has 3 aromatic rings. The molecule has 0 bridgehead atoms. The number of thioether (sulfide) groups is 1. The Labute approximate surface area is 173 Å². The van der Waals surface area contributed by atoms with E-state index in [1.165, 1.54) is 11.8 Å². The topological polar surface area (TPSA) is 51.2 Å². The molecule has 2 aromatic carbocycles. The van der Waals surface area contributed by atoms with Gasteiger partial charge in [0.05, 0.1) is 24.6 Å². The lowest BCUT2D eigenvalue weighted by molar-refractivity contribution is -0.119. The van der Waals surface area contributed by atoms with Crippen molar-refractivity contribution in [2.45, 2.75) is 23.2 Å². The zero-order chi connectivity index (χ0) is 19.3. The Morgan fingerprint density at radius 3 is 2.64 bits per heavy atom. The van der Waals surface area contributed by atoms with Gasteiger partial charge in [-0.05, 0) is 36.5 Å². The van der Waals surface area contributed by atoms with Crippen LogP contribution >= 0.6 is 23.1 Å². The number of hydrogen-bond acceptors (Lipinski definition) is 5. The van der Waals surface area contributed by atoms with Crippen LogP contribution in [0.1, 0.15) is 24.4 Å². The fourth-order valence-corrected chi connectivity index (χ4v) is 4.77. The van der Waals surface area contributed by atoms with Crippen molar-refractivity contribution in [3.8, 4) is 17.0 Å². The van der Waals surface area contributed by atoms with Crippen LogP contribution in [0.2, 0.25) is 0 Å². The number of hydrogen-bond donors (Lipinski definition) is 1. The molecule has 144 valence electrons. The maximum absolute atomic E-state index is 12.6. The van der Waals surface area contributed by atoms with Gasteiger partial charge in [-0.15, -0.1) is 11.3 Å². The molecule has 1 aliphatic rings. The summed E-state index contributed by atoms with van der Waals surface area (Å²) in [6.07, 6.45) is 2.33. The molecule has 1 amide bonds. The minimum absolute atomic E-state index is 0.0502. The molecule has 6 heteroatoms. The van der Waals surface area contributed by atoms with Crippen LogP contribution in [0.4, 0.5) is 0 Å². The van der Waals surface area contributed by atoms with Gasteiger partial charge < -0.3 is 10.1 Å². The maximum Gasteiger partial charge on any atom is 0.230 e. The molecule has 1 aromatic heterocycles. The molecule has 1 fully saturated rings. The van der Waals surface area contributed by atoms with Crippen LogP contribution in [0.25, 0.3) is 11.3 Å². The number of aromatic nitrogens is 1. The average molecular weight is 411 g/mol. The number of thiazole rings is 1. The van der Waals surface area contributed by atoms with E-state index in [2.05, 4.69) is 10.3 Å². The molecule has 1 aliphatic carbocycles. The van der Waals surface area contributed by atoms with Crippen molar-refractivity contribution in [1.29, 1.82) is 0 Å². The Hall–Kier alpha value is -2.31. The molecule has 1 atom stereocenters. The first-order chi connectivity index (χ1) is 13.7. The molecule has 1 N–H and O–H groups in total. The van der Waals surface area contributed by atoms with E-state index < -0.39 is 0 Å². The van der Waals surface area contributed by atoms with Crippen LogP contribution in [-0.2, 0) is 4.79 Å². The molecule has 4 rings (SSSR count). The number of nitrogens with zero attached hydrogens (tertiary/aromatic N) is 1. The molecule has 0 saturated heterocycles. The molecule has 28 heavy (non-hydrogen) atoms. The van der Waals surface area contributed by atoms with Gasteiger partial charge in [-0.2, -0.15) is 0 Å². The maximum atomic E-state index is 12.6. The molecule has 1 unspecified atom stereocenters. The number of rotatable bonds is 8. The third-order valence-electron chi connectivity index (χ3n) is 4.76. The van der Waals surface area contributed by atoms with Crippen molar-refractivity contribution in [1.82, 2.24) is 10.3 Å². The molecule has 0 radical (unpaired) electrons. The van der Waals surface area contributed by atoms with Gasteiger partial charge in [0, 0.05) is 10.9 Å². The van der Waals surface area contributed by atoms with Gasteiger partial charge in [-0.25, -0.2) is 4.98 Å². The van der Waals surface area contributed by atoms with Gasteiger partial charge >= 0.3 is 0 Å². The van der Waals surface area contributed by atoms with E-state index in [9.17, 15) is 4.79 Å². The fourth-order valence-electron chi connectivity index (χ4n) is 3.12. The normalized spacial score (nSPS) is 14.5.